The van der Waals surface area contributed by atoms with E-state index in [1.54, 1.807) is 24.3 Å². The van der Waals surface area contributed by atoms with Crippen LogP contribution in [0.3, 0.4) is 0 Å². The maximum atomic E-state index is 13.5. The van der Waals surface area contributed by atoms with Crippen molar-refractivity contribution >= 4 is 17.3 Å². The monoisotopic (exact) mass is 292 g/mol. The summed E-state index contributed by atoms with van der Waals surface area (Å²) in [5, 5.41) is 2.34. The molecule has 0 radical (unpaired) electrons. The molecule has 0 spiro atoms. The summed E-state index contributed by atoms with van der Waals surface area (Å²) in [4.78, 5) is 12.0. The van der Waals surface area contributed by atoms with Crippen molar-refractivity contribution in [3.05, 3.63) is 53.6 Å². The van der Waals surface area contributed by atoms with Gasteiger partial charge in [0, 0.05) is 11.6 Å². The summed E-state index contributed by atoms with van der Waals surface area (Å²) in [6, 6.07) is 8.03. The van der Waals surface area contributed by atoms with Crippen LogP contribution < -0.4 is 15.8 Å². The number of carbonyl (C=O) groups excluding carboxylic acids is 1. The van der Waals surface area contributed by atoms with Crippen molar-refractivity contribution in [3.63, 3.8) is 0 Å². The molecular formula is C15H14F2N2O2. The summed E-state index contributed by atoms with van der Waals surface area (Å²) in [7, 11) is 0. The first kappa shape index (κ1) is 14.8. The molecule has 4 nitrogen and oxygen atoms in total. The third-order valence-corrected chi connectivity index (χ3v) is 2.76. The zero-order valence-electron chi connectivity index (χ0n) is 11.3. The maximum absolute atomic E-state index is 13.5. The summed E-state index contributed by atoms with van der Waals surface area (Å²) >= 11 is 0. The molecule has 6 heteroatoms. The number of nitrogen functional groups attached to an aromatic ring is 1. The largest absolute Gasteiger partial charge is 0.494 e. The molecule has 3 N–H and O–H groups in total. The van der Waals surface area contributed by atoms with Gasteiger partial charge in [-0.15, -0.1) is 0 Å². The zero-order valence-corrected chi connectivity index (χ0v) is 11.3. The van der Waals surface area contributed by atoms with E-state index in [1.165, 1.54) is 0 Å². The zero-order chi connectivity index (χ0) is 15.4. The van der Waals surface area contributed by atoms with Crippen LogP contribution in [0.25, 0.3) is 0 Å². The van der Waals surface area contributed by atoms with Crippen LogP contribution in [-0.4, -0.2) is 12.5 Å². The molecule has 0 aromatic heterocycles. The van der Waals surface area contributed by atoms with E-state index in [2.05, 4.69) is 5.32 Å². The minimum absolute atomic E-state index is 0.173. The smallest absolute Gasteiger partial charge is 0.255 e. The molecule has 0 bridgehead atoms. The predicted molar refractivity (Wildman–Crippen MR) is 76.3 cm³/mol. The first-order valence-electron chi connectivity index (χ1n) is 6.30. The lowest BCUT2D eigenvalue weighted by Gasteiger charge is -2.09. The fraction of sp³-hybridized carbons (Fsp3) is 0.133. The summed E-state index contributed by atoms with van der Waals surface area (Å²) in [6.07, 6.45) is 0. The van der Waals surface area contributed by atoms with Gasteiger partial charge >= 0.3 is 0 Å². The second-order valence-corrected chi connectivity index (χ2v) is 4.27. The van der Waals surface area contributed by atoms with Gasteiger partial charge in [-0.05, 0) is 37.3 Å². The second-order valence-electron chi connectivity index (χ2n) is 4.27. The van der Waals surface area contributed by atoms with E-state index >= 15 is 0 Å². The number of amides is 1. The number of ether oxygens (including phenoxy) is 1. The van der Waals surface area contributed by atoms with Crippen LogP contribution in [0.2, 0.25) is 0 Å². The topological polar surface area (TPSA) is 64.3 Å². The SMILES string of the molecule is CCOc1ccc(C(=O)Nc2cc(N)c(F)cc2F)cc1. The number of carbonyl (C=O) groups is 1. The van der Waals surface area contributed by atoms with Gasteiger partial charge in [0.25, 0.3) is 5.91 Å². The van der Waals surface area contributed by atoms with Gasteiger partial charge in [0.05, 0.1) is 18.0 Å². The third kappa shape index (κ3) is 3.47. The van der Waals surface area contributed by atoms with Crippen molar-refractivity contribution in [2.24, 2.45) is 0 Å². The van der Waals surface area contributed by atoms with Crippen LogP contribution in [0.1, 0.15) is 17.3 Å². The number of hydrogen-bond donors (Lipinski definition) is 2. The quantitative estimate of drug-likeness (QED) is 0.851. The van der Waals surface area contributed by atoms with Crippen LogP contribution >= 0.6 is 0 Å². The molecule has 0 aliphatic carbocycles. The molecule has 0 atom stereocenters. The van der Waals surface area contributed by atoms with Gasteiger partial charge < -0.3 is 15.8 Å². The number of halogens is 2. The molecule has 0 unspecified atom stereocenters. The van der Waals surface area contributed by atoms with Crippen molar-refractivity contribution in [2.45, 2.75) is 6.92 Å². The van der Waals surface area contributed by atoms with E-state index < -0.39 is 17.5 Å². The molecule has 0 saturated carbocycles. The van der Waals surface area contributed by atoms with Gasteiger partial charge in [0.1, 0.15) is 17.4 Å². The highest BCUT2D eigenvalue weighted by Crippen LogP contribution is 2.22. The fourth-order valence-corrected chi connectivity index (χ4v) is 1.73. The van der Waals surface area contributed by atoms with E-state index in [0.717, 1.165) is 6.07 Å². The Morgan fingerprint density at radius 2 is 1.86 bits per heavy atom. The molecule has 2 rings (SSSR count). The molecule has 0 fully saturated rings. The normalized spacial score (nSPS) is 10.2. The van der Waals surface area contributed by atoms with Crippen molar-refractivity contribution in [3.8, 4) is 5.75 Å². The standard InChI is InChI=1S/C15H14F2N2O2/c1-2-21-10-5-3-9(4-6-10)15(20)19-14-8-13(18)11(16)7-12(14)17/h3-8H,2,18H2,1H3,(H,19,20). The van der Waals surface area contributed by atoms with Gasteiger partial charge in [-0.3, -0.25) is 4.79 Å². The number of nitrogens with two attached hydrogens (primary N) is 1. The molecule has 2 aromatic carbocycles. The van der Waals surface area contributed by atoms with Gasteiger partial charge in [0.2, 0.25) is 0 Å². The number of hydrogen-bond acceptors (Lipinski definition) is 3. The molecule has 110 valence electrons. The van der Waals surface area contributed by atoms with Crippen molar-refractivity contribution in [1.29, 1.82) is 0 Å². The Morgan fingerprint density at radius 1 is 1.19 bits per heavy atom. The van der Waals surface area contributed by atoms with Crippen LogP contribution in [0.4, 0.5) is 20.2 Å². The lowest BCUT2D eigenvalue weighted by molar-refractivity contribution is 0.102. The van der Waals surface area contributed by atoms with E-state index in [-0.39, 0.29) is 11.4 Å². The number of nitrogens with one attached hydrogen (secondary N) is 1. The van der Waals surface area contributed by atoms with Gasteiger partial charge in [-0.1, -0.05) is 0 Å². The Kier molecular flexibility index (Phi) is 4.37. The highest BCUT2D eigenvalue weighted by Gasteiger charge is 2.12. The molecule has 0 aliphatic heterocycles. The Morgan fingerprint density at radius 3 is 2.48 bits per heavy atom. The summed E-state index contributed by atoms with van der Waals surface area (Å²) in [6.45, 7) is 2.37. The molecule has 0 saturated heterocycles. The highest BCUT2D eigenvalue weighted by atomic mass is 19.1. The molecule has 21 heavy (non-hydrogen) atoms. The molecular weight excluding hydrogens is 278 g/mol. The Balaban J connectivity index is 2.16. The van der Waals surface area contributed by atoms with Crippen molar-refractivity contribution in [2.75, 3.05) is 17.7 Å². The second kappa shape index (κ2) is 6.21. The lowest BCUT2D eigenvalue weighted by Crippen LogP contribution is -2.13. The van der Waals surface area contributed by atoms with Gasteiger partial charge in [-0.2, -0.15) is 0 Å². The minimum Gasteiger partial charge on any atom is -0.494 e. The first-order valence-corrected chi connectivity index (χ1v) is 6.30. The molecule has 2 aromatic rings. The van der Waals surface area contributed by atoms with Crippen LogP contribution in [0.5, 0.6) is 5.75 Å². The summed E-state index contributed by atoms with van der Waals surface area (Å²) in [5.74, 6) is -1.65. The lowest BCUT2D eigenvalue weighted by atomic mass is 10.2. The van der Waals surface area contributed by atoms with E-state index in [0.29, 0.717) is 24.0 Å². The maximum Gasteiger partial charge on any atom is 0.255 e. The Labute approximate surface area is 120 Å². The van der Waals surface area contributed by atoms with Crippen LogP contribution in [-0.2, 0) is 0 Å². The molecule has 0 heterocycles. The van der Waals surface area contributed by atoms with Gasteiger partial charge in [0.15, 0.2) is 0 Å². The molecule has 0 aliphatic rings. The highest BCUT2D eigenvalue weighted by molar-refractivity contribution is 6.04. The van der Waals surface area contributed by atoms with E-state index in [1.807, 2.05) is 6.92 Å². The third-order valence-electron chi connectivity index (χ3n) is 2.76. The Bertz CT molecular complexity index is 657. The van der Waals surface area contributed by atoms with E-state index in [4.69, 9.17) is 10.5 Å². The van der Waals surface area contributed by atoms with Crippen molar-refractivity contribution in [1.82, 2.24) is 0 Å². The Hall–Kier alpha value is -2.63. The van der Waals surface area contributed by atoms with Crippen LogP contribution in [0.15, 0.2) is 36.4 Å². The predicted octanol–water partition coefficient (Wildman–Crippen LogP) is 3.20. The average molecular weight is 292 g/mol. The first-order chi connectivity index (χ1) is 10.0. The number of rotatable bonds is 4. The fourth-order valence-electron chi connectivity index (χ4n) is 1.73. The number of benzene rings is 2. The van der Waals surface area contributed by atoms with Crippen molar-refractivity contribution < 1.29 is 18.3 Å². The van der Waals surface area contributed by atoms with Gasteiger partial charge in [-0.25, -0.2) is 8.78 Å². The van der Waals surface area contributed by atoms with E-state index in [9.17, 15) is 13.6 Å². The average Bonchev–Trinajstić information content (AvgIpc) is 2.46. The van der Waals surface area contributed by atoms with Crippen LogP contribution in [0, 0.1) is 11.6 Å². The number of anilines is 2. The minimum atomic E-state index is -0.888. The summed E-state index contributed by atoms with van der Waals surface area (Å²) in [5.41, 5.74) is 5.26. The summed E-state index contributed by atoms with van der Waals surface area (Å²) < 4.78 is 31.8. The molecule has 1 amide bonds.